The van der Waals surface area contributed by atoms with E-state index in [9.17, 15) is 4.79 Å². The van der Waals surface area contributed by atoms with Crippen molar-refractivity contribution in [3.05, 3.63) is 24.2 Å². The summed E-state index contributed by atoms with van der Waals surface area (Å²) in [4.78, 5) is 26.3. The van der Waals surface area contributed by atoms with Gasteiger partial charge in [0.15, 0.2) is 5.82 Å². The third-order valence-corrected chi connectivity index (χ3v) is 2.13. The van der Waals surface area contributed by atoms with E-state index in [0.29, 0.717) is 11.6 Å². The first kappa shape index (κ1) is 11.7. The standard InChI is InChI=1S/C10H9N5O3/c1-18-7-2-6(13-4-14-7)9-12-3-5(10(16)17)8(11)15-9/h2-4H,1H3,(H,16,17)(H2,11,12,15). The lowest BCUT2D eigenvalue weighted by atomic mass is 10.3. The number of aromatic nitrogens is 4. The molecule has 0 atom stereocenters. The average molecular weight is 247 g/mol. The number of rotatable bonds is 3. The van der Waals surface area contributed by atoms with Gasteiger partial charge in [0.05, 0.1) is 7.11 Å². The molecule has 0 radical (unpaired) electrons. The van der Waals surface area contributed by atoms with Crippen molar-refractivity contribution < 1.29 is 14.6 Å². The maximum atomic E-state index is 10.8. The molecule has 0 aliphatic carbocycles. The van der Waals surface area contributed by atoms with Crippen LogP contribution >= 0.6 is 0 Å². The summed E-state index contributed by atoms with van der Waals surface area (Å²) in [5.74, 6) is -0.743. The van der Waals surface area contributed by atoms with Crippen LogP contribution in [-0.2, 0) is 0 Å². The third-order valence-electron chi connectivity index (χ3n) is 2.13. The van der Waals surface area contributed by atoms with Crippen molar-refractivity contribution in [2.24, 2.45) is 0 Å². The Balaban J connectivity index is 2.45. The molecule has 0 saturated carbocycles. The first-order valence-corrected chi connectivity index (χ1v) is 4.84. The molecular weight excluding hydrogens is 238 g/mol. The summed E-state index contributed by atoms with van der Waals surface area (Å²) in [5, 5.41) is 8.80. The Morgan fingerprint density at radius 2 is 2.17 bits per heavy atom. The maximum Gasteiger partial charge on any atom is 0.341 e. The number of nitrogens with zero attached hydrogens (tertiary/aromatic N) is 4. The molecular formula is C10H9N5O3. The van der Waals surface area contributed by atoms with E-state index in [1.54, 1.807) is 0 Å². The second-order valence-electron chi connectivity index (χ2n) is 3.24. The molecule has 3 N–H and O–H groups in total. The number of aromatic carboxylic acids is 1. The van der Waals surface area contributed by atoms with Crippen molar-refractivity contribution in [3.8, 4) is 17.4 Å². The van der Waals surface area contributed by atoms with E-state index in [1.165, 1.54) is 19.5 Å². The van der Waals surface area contributed by atoms with Crippen molar-refractivity contribution in [3.63, 3.8) is 0 Å². The Morgan fingerprint density at radius 1 is 1.39 bits per heavy atom. The van der Waals surface area contributed by atoms with E-state index in [1.807, 2.05) is 0 Å². The highest BCUT2D eigenvalue weighted by Gasteiger charge is 2.13. The summed E-state index contributed by atoms with van der Waals surface area (Å²) in [6, 6.07) is 1.52. The van der Waals surface area contributed by atoms with Crippen LogP contribution in [0, 0.1) is 0 Å². The van der Waals surface area contributed by atoms with E-state index >= 15 is 0 Å². The topological polar surface area (TPSA) is 124 Å². The zero-order chi connectivity index (χ0) is 13.1. The minimum absolute atomic E-state index is 0.120. The number of hydrogen-bond acceptors (Lipinski definition) is 7. The molecule has 2 heterocycles. The van der Waals surface area contributed by atoms with Gasteiger partial charge in [-0.1, -0.05) is 0 Å². The molecule has 0 aliphatic heterocycles. The normalized spacial score (nSPS) is 10.1. The second kappa shape index (κ2) is 4.62. The zero-order valence-electron chi connectivity index (χ0n) is 9.36. The number of nitrogens with two attached hydrogens (primary N) is 1. The van der Waals surface area contributed by atoms with Gasteiger partial charge in [0.1, 0.15) is 23.4 Å². The van der Waals surface area contributed by atoms with Gasteiger partial charge in [-0.05, 0) is 0 Å². The molecule has 0 fully saturated rings. The van der Waals surface area contributed by atoms with Gasteiger partial charge in [-0.25, -0.2) is 24.7 Å². The zero-order valence-corrected chi connectivity index (χ0v) is 9.36. The molecule has 2 aromatic rings. The molecule has 0 bridgehead atoms. The van der Waals surface area contributed by atoms with Crippen LogP contribution in [0.15, 0.2) is 18.6 Å². The highest BCUT2D eigenvalue weighted by atomic mass is 16.5. The molecule has 0 aliphatic rings. The van der Waals surface area contributed by atoms with Crippen LogP contribution in [0.25, 0.3) is 11.5 Å². The van der Waals surface area contributed by atoms with Gasteiger partial charge in [-0.3, -0.25) is 0 Å². The largest absolute Gasteiger partial charge is 0.481 e. The molecule has 2 rings (SSSR count). The minimum Gasteiger partial charge on any atom is -0.481 e. The Morgan fingerprint density at radius 3 is 2.78 bits per heavy atom. The molecule has 92 valence electrons. The lowest BCUT2D eigenvalue weighted by molar-refractivity contribution is 0.0697. The van der Waals surface area contributed by atoms with Crippen LogP contribution in [-0.4, -0.2) is 38.1 Å². The second-order valence-corrected chi connectivity index (χ2v) is 3.24. The fourth-order valence-electron chi connectivity index (χ4n) is 1.26. The number of nitrogen functional groups attached to an aromatic ring is 1. The quantitative estimate of drug-likeness (QED) is 0.789. The molecule has 0 unspecified atom stereocenters. The third kappa shape index (κ3) is 2.17. The fraction of sp³-hybridized carbons (Fsp3) is 0.100. The van der Waals surface area contributed by atoms with Crippen LogP contribution in [0.4, 0.5) is 5.82 Å². The number of methoxy groups -OCH3 is 1. The minimum atomic E-state index is -1.18. The van der Waals surface area contributed by atoms with Crippen molar-refractivity contribution in [2.75, 3.05) is 12.8 Å². The van der Waals surface area contributed by atoms with E-state index in [0.717, 1.165) is 6.20 Å². The van der Waals surface area contributed by atoms with Gasteiger partial charge in [0, 0.05) is 12.3 Å². The highest BCUT2D eigenvalue weighted by molar-refractivity contribution is 5.92. The summed E-state index contributed by atoms with van der Waals surface area (Å²) < 4.78 is 4.94. The van der Waals surface area contributed by atoms with Gasteiger partial charge in [-0.2, -0.15) is 0 Å². The first-order chi connectivity index (χ1) is 8.61. The highest BCUT2D eigenvalue weighted by Crippen LogP contribution is 2.18. The summed E-state index contributed by atoms with van der Waals surface area (Å²) >= 11 is 0. The first-order valence-electron chi connectivity index (χ1n) is 4.84. The molecule has 0 spiro atoms. The predicted octanol–water partition coefficient (Wildman–Crippen LogP) is 0.223. The van der Waals surface area contributed by atoms with Crippen LogP contribution in [0.2, 0.25) is 0 Å². The monoisotopic (exact) mass is 247 g/mol. The van der Waals surface area contributed by atoms with Crippen molar-refractivity contribution in [1.29, 1.82) is 0 Å². The molecule has 0 aromatic carbocycles. The number of hydrogen-bond donors (Lipinski definition) is 2. The van der Waals surface area contributed by atoms with Crippen LogP contribution in [0.5, 0.6) is 5.88 Å². The number of carboxylic acids is 1. The Hall–Kier alpha value is -2.77. The van der Waals surface area contributed by atoms with Crippen LogP contribution < -0.4 is 10.5 Å². The molecule has 8 nitrogen and oxygen atoms in total. The molecule has 18 heavy (non-hydrogen) atoms. The number of anilines is 1. The summed E-state index contributed by atoms with van der Waals surface area (Å²) in [6.45, 7) is 0. The fourth-order valence-corrected chi connectivity index (χ4v) is 1.26. The van der Waals surface area contributed by atoms with E-state index in [2.05, 4.69) is 19.9 Å². The Bertz CT molecular complexity index is 602. The van der Waals surface area contributed by atoms with Gasteiger partial charge >= 0.3 is 5.97 Å². The number of carbonyl (C=O) groups is 1. The van der Waals surface area contributed by atoms with Crippen molar-refractivity contribution in [2.45, 2.75) is 0 Å². The van der Waals surface area contributed by atoms with Crippen molar-refractivity contribution >= 4 is 11.8 Å². The van der Waals surface area contributed by atoms with Gasteiger partial charge in [0.25, 0.3) is 0 Å². The Kier molecular flexibility index (Phi) is 3.00. The molecule has 0 amide bonds. The molecule has 0 saturated heterocycles. The summed E-state index contributed by atoms with van der Waals surface area (Å²) in [6.07, 6.45) is 2.42. The van der Waals surface area contributed by atoms with E-state index in [4.69, 9.17) is 15.6 Å². The van der Waals surface area contributed by atoms with E-state index in [-0.39, 0.29) is 17.2 Å². The molecule has 8 heteroatoms. The van der Waals surface area contributed by atoms with Crippen LogP contribution in [0.1, 0.15) is 10.4 Å². The molecule has 2 aromatic heterocycles. The summed E-state index contributed by atoms with van der Waals surface area (Å²) in [7, 11) is 1.47. The van der Waals surface area contributed by atoms with Gasteiger partial charge < -0.3 is 15.6 Å². The van der Waals surface area contributed by atoms with Gasteiger partial charge in [-0.15, -0.1) is 0 Å². The maximum absolute atomic E-state index is 10.8. The van der Waals surface area contributed by atoms with Gasteiger partial charge in [0.2, 0.25) is 5.88 Å². The lowest BCUT2D eigenvalue weighted by Gasteiger charge is -2.04. The SMILES string of the molecule is COc1cc(-c2ncc(C(=O)O)c(N)n2)ncn1. The number of carboxylic acid groups (broad SMARTS) is 1. The average Bonchev–Trinajstić information content (AvgIpc) is 2.38. The van der Waals surface area contributed by atoms with Crippen molar-refractivity contribution in [1.82, 2.24) is 19.9 Å². The lowest BCUT2D eigenvalue weighted by Crippen LogP contribution is -2.07. The van der Waals surface area contributed by atoms with E-state index < -0.39 is 5.97 Å². The van der Waals surface area contributed by atoms with Crippen LogP contribution in [0.3, 0.4) is 0 Å². The number of ether oxygens (including phenoxy) is 1. The Labute approximate surface area is 102 Å². The summed E-state index contributed by atoms with van der Waals surface area (Å²) in [5.41, 5.74) is 5.76. The smallest absolute Gasteiger partial charge is 0.341 e. The predicted molar refractivity (Wildman–Crippen MR) is 61.0 cm³/mol.